The predicted octanol–water partition coefficient (Wildman–Crippen LogP) is 1.94. The molecule has 0 spiro atoms. The van der Waals surface area contributed by atoms with Gasteiger partial charge in [0.25, 0.3) is 0 Å². The third-order valence-electron chi connectivity index (χ3n) is 0.969. The van der Waals surface area contributed by atoms with E-state index in [1.54, 1.807) is 0 Å². The molecule has 0 aliphatic heterocycles. The smallest absolute Gasteiger partial charge is 0.00727 e. The van der Waals surface area contributed by atoms with Gasteiger partial charge in [0.2, 0.25) is 0 Å². The fraction of sp³-hybridized carbons (Fsp3) is 0.429. The summed E-state index contributed by atoms with van der Waals surface area (Å²) >= 11 is 4.10. The number of nitrogens with one attached hydrogen (secondary N) is 1. The number of hydrogen-bond donors (Lipinski definition) is 2. The van der Waals surface area contributed by atoms with E-state index < -0.39 is 0 Å². The van der Waals surface area contributed by atoms with Crippen LogP contribution < -0.4 is 5.32 Å². The number of rotatable bonds is 2. The first-order valence-electron chi connectivity index (χ1n) is 2.88. The summed E-state index contributed by atoms with van der Waals surface area (Å²) in [6.07, 6.45) is 3.94. The molecule has 0 bridgehead atoms. The van der Waals surface area contributed by atoms with E-state index in [-0.39, 0.29) is 0 Å². The molecule has 0 amide bonds. The highest BCUT2D eigenvalue weighted by Crippen LogP contribution is 1.97. The van der Waals surface area contributed by atoms with E-state index in [0.29, 0.717) is 0 Å². The maximum absolute atomic E-state index is 4.10. The lowest BCUT2D eigenvalue weighted by Crippen LogP contribution is -2.00. The molecule has 0 fully saturated rings. The summed E-state index contributed by atoms with van der Waals surface area (Å²) in [5.41, 5.74) is 1.14. The molecule has 1 N–H and O–H groups in total. The van der Waals surface area contributed by atoms with Gasteiger partial charge in [0, 0.05) is 12.7 Å². The molecule has 0 rings (SSSR count). The Kier molecular flexibility index (Phi) is 4.32. The normalized spacial score (nSPS) is 13.8. The van der Waals surface area contributed by atoms with Crippen LogP contribution in [-0.2, 0) is 0 Å². The molecule has 0 aliphatic rings. The van der Waals surface area contributed by atoms with Gasteiger partial charge in [-0.05, 0) is 24.8 Å². The van der Waals surface area contributed by atoms with E-state index in [1.807, 2.05) is 33.0 Å². The van der Waals surface area contributed by atoms with Crippen molar-refractivity contribution in [2.75, 3.05) is 7.05 Å². The average Bonchev–Trinajstić information content (AvgIpc) is 1.83. The number of allylic oxidation sites excluding steroid dienone is 4. The topological polar surface area (TPSA) is 12.0 Å². The highest BCUT2D eigenvalue weighted by molar-refractivity contribution is 7.84. The maximum Gasteiger partial charge on any atom is 0.00727 e. The quantitative estimate of drug-likeness (QED) is 0.444. The Balaban J connectivity index is 3.83. The molecule has 0 aromatic carbocycles. The molecule has 0 saturated carbocycles. The number of thiol groups is 1. The van der Waals surface area contributed by atoms with E-state index >= 15 is 0 Å². The van der Waals surface area contributed by atoms with Gasteiger partial charge in [-0.25, -0.2) is 0 Å². The molecule has 0 aromatic rings. The SMILES string of the molecule is CN/C(C)=C/C=C(\C)S. The molecule has 0 unspecified atom stereocenters. The van der Waals surface area contributed by atoms with Crippen molar-refractivity contribution < 1.29 is 0 Å². The van der Waals surface area contributed by atoms with Crippen LogP contribution in [0.3, 0.4) is 0 Å². The van der Waals surface area contributed by atoms with Gasteiger partial charge in [0.1, 0.15) is 0 Å². The molecular weight excluding hydrogens is 130 g/mol. The van der Waals surface area contributed by atoms with Gasteiger partial charge in [0.05, 0.1) is 0 Å². The zero-order chi connectivity index (χ0) is 7.28. The van der Waals surface area contributed by atoms with Crippen LogP contribution in [0.4, 0.5) is 0 Å². The van der Waals surface area contributed by atoms with Gasteiger partial charge in [-0.1, -0.05) is 6.08 Å². The van der Waals surface area contributed by atoms with Gasteiger partial charge in [-0.2, -0.15) is 0 Å². The van der Waals surface area contributed by atoms with E-state index in [9.17, 15) is 0 Å². The molecule has 0 radical (unpaired) electrons. The fourth-order valence-electron chi connectivity index (χ4n) is 0.329. The highest BCUT2D eigenvalue weighted by Gasteiger charge is 1.77. The van der Waals surface area contributed by atoms with Gasteiger partial charge < -0.3 is 5.32 Å². The van der Waals surface area contributed by atoms with Crippen molar-refractivity contribution in [2.24, 2.45) is 0 Å². The van der Waals surface area contributed by atoms with Crippen molar-refractivity contribution >= 4 is 12.6 Å². The summed E-state index contributed by atoms with van der Waals surface area (Å²) in [6.45, 7) is 3.95. The largest absolute Gasteiger partial charge is 0.392 e. The van der Waals surface area contributed by atoms with Crippen LogP contribution >= 0.6 is 12.6 Å². The molecular formula is C7H13NS. The molecule has 0 heterocycles. The zero-order valence-corrected chi connectivity index (χ0v) is 7.00. The molecule has 1 nitrogen and oxygen atoms in total. The van der Waals surface area contributed by atoms with Gasteiger partial charge >= 0.3 is 0 Å². The minimum Gasteiger partial charge on any atom is -0.392 e. The summed E-state index contributed by atoms with van der Waals surface area (Å²) in [5.74, 6) is 0. The average molecular weight is 143 g/mol. The van der Waals surface area contributed by atoms with Gasteiger partial charge in [0.15, 0.2) is 0 Å². The van der Waals surface area contributed by atoms with Crippen LogP contribution in [0, 0.1) is 0 Å². The van der Waals surface area contributed by atoms with Gasteiger partial charge in [-0.15, -0.1) is 12.6 Å². The molecule has 0 saturated heterocycles. The Morgan fingerprint density at radius 2 is 1.89 bits per heavy atom. The van der Waals surface area contributed by atoms with Crippen molar-refractivity contribution in [3.63, 3.8) is 0 Å². The minimum atomic E-state index is 1.02. The third-order valence-corrected chi connectivity index (χ3v) is 1.12. The standard InChI is InChI=1S/C7H13NS/c1-6(8-3)4-5-7(2)9/h4-5,8-9H,1-3H3/b6-4+,7-5+. The molecule has 0 aliphatic carbocycles. The molecule has 9 heavy (non-hydrogen) atoms. The molecule has 2 heteroatoms. The fourth-order valence-corrected chi connectivity index (χ4v) is 0.403. The second-order valence-electron chi connectivity index (χ2n) is 1.91. The Bertz CT molecular complexity index is 132. The lowest BCUT2D eigenvalue weighted by molar-refractivity contribution is 0.990. The lowest BCUT2D eigenvalue weighted by Gasteiger charge is -1.94. The first-order valence-corrected chi connectivity index (χ1v) is 3.33. The summed E-state index contributed by atoms with van der Waals surface area (Å²) in [6, 6.07) is 0. The Labute approximate surface area is 62.3 Å². The van der Waals surface area contributed by atoms with Crippen LogP contribution in [0.2, 0.25) is 0 Å². The van der Waals surface area contributed by atoms with Gasteiger partial charge in [-0.3, -0.25) is 0 Å². The summed E-state index contributed by atoms with van der Waals surface area (Å²) in [7, 11) is 1.90. The van der Waals surface area contributed by atoms with Crippen LogP contribution in [-0.4, -0.2) is 7.05 Å². The molecule has 0 aromatic heterocycles. The first-order chi connectivity index (χ1) is 4.16. The first kappa shape index (κ1) is 8.63. The second-order valence-corrected chi connectivity index (χ2v) is 2.61. The van der Waals surface area contributed by atoms with E-state index in [2.05, 4.69) is 17.9 Å². The summed E-state index contributed by atoms with van der Waals surface area (Å²) in [4.78, 5) is 1.02. The van der Waals surface area contributed by atoms with E-state index in [4.69, 9.17) is 0 Å². The molecule has 52 valence electrons. The summed E-state index contributed by atoms with van der Waals surface area (Å²) in [5, 5.41) is 3.00. The third kappa shape index (κ3) is 5.50. The minimum absolute atomic E-state index is 1.02. The van der Waals surface area contributed by atoms with Crippen LogP contribution in [0.25, 0.3) is 0 Å². The van der Waals surface area contributed by atoms with E-state index in [1.165, 1.54) is 0 Å². The lowest BCUT2D eigenvalue weighted by atomic mass is 10.4. The van der Waals surface area contributed by atoms with Crippen LogP contribution in [0.15, 0.2) is 22.8 Å². The van der Waals surface area contributed by atoms with Crippen LogP contribution in [0.5, 0.6) is 0 Å². The Morgan fingerprint density at radius 1 is 1.33 bits per heavy atom. The number of hydrogen-bond acceptors (Lipinski definition) is 2. The predicted molar refractivity (Wildman–Crippen MR) is 45.6 cm³/mol. The second kappa shape index (κ2) is 4.50. The molecule has 0 atom stereocenters. The maximum atomic E-state index is 4.10. The van der Waals surface area contributed by atoms with Crippen molar-refractivity contribution in [1.29, 1.82) is 0 Å². The van der Waals surface area contributed by atoms with Crippen molar-refractivity contribution in [2.45, 2.75) is 13.8 Å². The van der Waals surface area contributed by atoms with Crippen molar-refractivity contribution in [3.8, 4) is 0 Å². The summed E-state index contributed by atoms with van der Waals surface area (Å²) < 4.78 is 0. The van der Waals surface area contributed by atoms with Crippen molar-refractivity contribution in [1.82, 2.24) is 5.32 Å². The Morgan fingerprint density at radius 3 is 2.22 bits per heavy atom. The Hall–Kier alpha value is -0.370. The monoisotopic (exact) mass is 143 g/mol. The van der Waals surface area contributed by atoms with Crippen LogP contribution in [0.1, 0.15) is 13.8 Å². The van der Waals surface area contributed by atoms with Crippen molar-refractivity contribution in [3.05, 3.63) is 22.8 Å². The highest BCUT2D eigenvalue weighted by atomic mass is 32.1. The van der Waals surface area contributed by atoms with E-state index in [0.717, 1.165) is 10.6 Å². The zero-order valence-electron chi connectivity index (χ0n) is 6.10.